The van der Waals surface area contributed by atoms with Crippen LogP contribution in [0.3, 0.4) is 0 Å². The van der Waals surface area contributed by atoms with E-state index in [1.165, 1.54) is 57.8 Å². The van der Waals surface area contributed by atoms with Crippen LogP contribution in [0, 0.1) is 5.92 Å². The molecule has 3 nitrogen and oxygen atoms in total. The Kier molecular flexibility index (Phi) is 4.69. The molecule has 2 atom stereocenters. The second-order valence-electron chi connectivity index (χ2n) is 5.92. The summed E-state index contributed by atoms with van der Waals surface area (Å²) >= 11 is 0. The average Bonchev–Trinajstić information content (AvgIpc) is 2.30. The molecule has 2 aliphatic rings. The summed E-state index contributed by atoms with van der Waals surface area (Å²) in [5, 5.41) is 3.42. The lowest BCUT2D eigenvalue weighted by atomic mass is 9.87. The Hall–Kier alpha value is -0.730. The van der Waals surface area contributed by atoms with Gasteiger partial charge in [0.05, 0.1) is 6.04 Å². The number of aliphatic imine (C=N–C) groups is 1. The van der Waals surface area contributed by atoms with Gasteiger partial charge in [-0.3, -0.25) is 4.99 Å². The molecule has 3 heteroatoms. The molecule has 0 aromatic carbocycles. The molecule has 98 valence electrons. The monoisotopic (exact) mass is 237 g/mol. The van der Waals surface area contributed by atoms with Gasteiger partial charge in [0.2, 0.25) is 0 Å². The molecule has 0 saturated heterocycles. The van der Waals surface area contributed by atoms with Crippen molar-refractivity contribution in [3.63, 3.8) is 0 Å². The minimum atomic E-state index is 0.484. The quantitative estimate of drug-likeness (QED) is 0.573. The van der Waals surface area contributed by atoms with Crippen molar-refractivity contribution in [1.82, 2.24) is 5.32 Å². The third-order valence-corrected chi connectivity index (χ3v) is 4.18. The molecule has 0 heterocycles. The summed E-state index contributed by atoms with van der Waals surface area (Å²) in [6, 6.07) is 1.04. The Morgan fingerprint density at radius 1 is 1.06 bits per heavy atom. The van der Waals surface area contributed by atoms with Crippen LogP contribution >= 0.6 is 0 Å². The van der Waals surface area contributed by atoms with Gasteiger partial charge in [-0.15, -0.1) is 0 Å². The molecule has 2 aliphatic carbocycles. The highest BCUT2D eigenvalue weighted by Gasteiger charge is 2.19. The summed E-state index contributed by atoms with van der Waals surface area (Å²) in [7, 11) is 0. The van der Waals surface area contributed by atoms with E-state index in [4.69, 9.17) is 5.73 Å². The van der Waals surface area contributed by atoms with Crippen molar-refractivity contribution in [2.45, 2.75) is 76.8 Å². The van der Waals surface area contributed by atoms with E-state index in [9.17, 15) is 0 Å². The normalized spacial score (nSPS) is 32.4. The zero-order valence-electron chi connectivity index (χ0n) is 11.1. The highest BCUT2D eigenvalue weighted by Crippen LogP contribution is 2.23. The maximum Gasteiger partial charge on any atom is 0.189 e. The number of hydrogen-bond donors (Lipinski definition) is 2. The molecular formula is C14H27N3. The molecule has 0 bridgehead atoms. The van der Waals surface area contributed by atoms with Crippen LogP contribution in [0.15, 0.2) is 4.99 Å². The number of nitrogens with two attached hydrogens (primary N) is 1. The number of guanidine groups is 1. The maximum atomic E-state index is 6.02. The van der Waals surface area contributed by atoms with E-state index in [0.717, 1.165) is 5.92 Å². The predicted octanol–water partition coefficient (Wildman–Crippen LogP) is 2.80. The van der Waals surface area contributed by atoms with Crippen LogP contribution in [0.4, 0.5) is 0 Å². The van der Waals surface area contributed by atoms with E-state index in [-0.39, 0.29) is 0 Å². The van der Waals surface area contributed by atoms with Gasteiger partial charge in [0.1, 0.15) is 0 Å². The Morgan fingerprint density at radius 2 is 1.82 bits per heavy atom. The minimum absolute atomic E-state index is 0.484. The molecular weight excluding hydrogens is 210 g/mol. The average molecular weight is 237 g/mol. The van der Waals surface area contributed by atoms with E-state index in [1.54, 1.807) is 0 Å². The van der Waals surface area contributed by atoms with Crippen molar-refractivity contribution in [2.75, 3.05) is 0 Å². The SMILES string of the molecule is CC1CCCC(NC(N)=NC2CCCCC2)C1. The Morgan fingerprint density at radius 3 is 2.53 bits per heavy atom. The lowest BCUT2D eigenvalue weighted by molar-refractivity contribution is 0.325. The van der Waals surface area contributed by atoms with Crippen LogP contribution < -0.4 is 11.1 Å². The molecule has 2 fully saturated rings. The van der Waals surface area contributed by atoms with Crippen LogP contribution in [0.25, 0.3) is 0 Å². The van der Waals surface area contributed by atoms with Gasteiger partial charge in [-0.25, -0.2) is 0 Å². The Balaban J connectivity index is 1.78. The van der Waals surface area contributed by atoms with Crippen LogP contribution in [0.2, 0.25) is 0 Å². The highest BCUT2D eigenvalue weighted by atomic mass is 15.1. The van der Waals surface area contributed by atoms with Gasteiger partial charge in [0.25, 0.3) is 0 Å². The van der Waals surface area contributed by atoms with Gasteiger partial charge in [0, 0.05) is 6.04 Å². The first-order chi connectivity index (χ1) is 8.24. The van der Waals surface area contributed by atoms with E-state index >= 15 is 0 Å². The van der Waals surface area contributed by atoms with Gasteiger partial charge < -0.3 is 11.1 Å². The van der Waals surface area contributed by atoms with Crippen molar-refractivity contribution >= 4 is 5.96 Å². The molecule has 0 spiro atoms. The topological polar surface area (TPSA) is 50.4 Å². The maximum absolute atomic E-state index is 6.02. The molecule has 0 aromatic rings. The fourth-order valence-electron chi connectivity index (χ4n) is 3.22. The fourth-order valence-corrected chi connectivity index (χ4v) is 3.22. The number of nitrogens with zero attached hydrogens (tertiary/aromatic N) is 1. The zero-order valence-corrected chi connectivity index (χ0v) is 11.1. The van der Waals surface area contributed by atoms with Crippen LogP contribution in [0.5, 0.6) is 0 Å². The third-order valence-electron chi connectivity index (χ3n) is 4.18. The summed E-state index contributed by atoms with van der Waals surface area (Å²) in [5.74, 6) is 1.53. The van der Waals surface area contributed by atoms with E-state index in [1.807, 2.05) is 0 Å². The number of nitrogens with one attached hydrogen (secondary N) is 1. The summed E-state index contributed by atoms with van der Waals surface area (Å²) in [6.07, 6.45) is 11.7. The zero-order chi connectivity index (χ0) is 12.1. The highest BCUT2D eigenvalue weighted by molar-refractivity contribution is 5.78. The second kappa shape index (κ2) is 6.27. The molecule has 17 heavy (non-hydrogen) atoms. The lowest BCUT2D eigenvalue weighted by Gasteiger charge is -2.28. The summed E-state index contributed by atoms with van der Waals surface area (Å²) < 4.78 is 0. The Labute approximate surface area is 105 Å². The van der Waals surface area contributed by atoms with Gasteiger partial charge in [0.15, 0.2) is 5.96 Å². The van der Waals surface area contributed by atoms with E-state index in [0.29, 0.717) is 18.0 Å². The lowest BCUT2D eigenvalue weighted by Crippen LogP contribution is -2.43. The first kappa shape index (κ1) is 12.7. The Bertz CT molecular complexity index is 256. The largest absolute Gasteiger partial charge is 0.370 e. The van der Waals surface area contributed by atoms with Gasteiger partial charge >= 0.3 is 0 Å². The van der Waals surface area contributed by atoms with Crippen LogP contribution in [0.1, 0.15) is 64.7 Å². The predicted molar refractivity (Wildman–Crippen MR) is 73.1 cm³/mol. The molecule has 3 N–H and O–H groups in total. The van der Waals surface area contributed by atoms with E-state index < -0.39 is 0 Å². The smallest absolute Gasteiger partial charge is 0.189 e. The van der Waals surface area contributed by atoms with Gasteiger partial charge in [-0.2, -0.15) is 0 Å². The van der Waals surface area contributed by atoms with Crippen molar-refractivity contribution in [3.8, 4) is 0 Å². The number of hydrogen-bond acceptors (Lipinski definition) is 1. The number of rotatable bonds is 2. The van der Waals surface area contributed by atoms with Crippen LogP contribution in [-0.2, 0) is 0 Å². The van der Waals surface area contributed by atoms with Gasteiger partial charge in [-0.05, 0) is 31.6 Å². The third kappa shape index (κ3) is 4.21. The van der Waals surface area contributed by atoms with Crippen LogP contribution in [-0.4, -0.2) is 18.0 Å². The first-order valence-electron chi connectivity index (χ1n) is 7.34. The van der Waals surface area contributed by atoms with E-state index in [2.05, 4.69) is 17.2 Å². The second-order valence-corrected chi connectivity index (χ2v) is 5.92. The molecule has 2 saturated carbocycles. The van der Waals surface area contributed by atoms with Gasteiger partial charge in [-0.1, -0.05) is 39.0 Å². The fraction of sp³-hybridized carbons (Fsp3) is 0.929. The summed E-state index contributed by atoms with van der Waals surface area (Å²) in [5.41, 5.74) is 6.02. The van der Waals surface area contributed by atoms with Crippen molar-refractivity contribution in [2.24, 2.45) is 16.6 Å². The van der Waals surface area contributed by atoms with Crippen molar-refractivity contribution < 1.29 is 0 Å². The molecule has 0 amide bonds. The standard InChI is InChI=1S/C14H27N3/c1-11-6-5-9-13(10-11)17-14(15)16-12-7-3-2-4-8-12/h11-13H,2-10H2,1H3,(H3,15,16,17). The molecule has 0 aliphatic heterocycles. The summed E-state index contributed by atoms with van der Waals surface area (Å²) in [4.78, 5) is 4.64. The summed E-state index contributed by atoms with van der Waals surface area (Å²) in [6.45, 7) is 2.34. The molecule has 0 aromatic heterocycles. The minimum Gasteiger partial charge on any atom is -0.370 e. The molecule has 2 rings (SSSR count). The molecule has 2 unspecified atom stereocenters. The first-order valence-corrected chi connectivity index (χ1v) is 7.34. The molecule has 0 radical (unpaired) electrons. The van der Waals surface area contributed by atoms with Crippen molar-refractivity contribution in [3.05, 3.63) is 0 Å². The van der Waals surface area contributed by atoms with Crippen molar-refractivity contribution in [1.29, 1.82) is 0 Å².